The van der Waals surface area contributed by atoms with Crippen LogP contribution in [0.5, 0.6) is 0 Å². The maximum absolute atomic E-state index is 14.4. The van der Waals surface area contributed by atoms with E-state index < -0.39 is 34.9 Å². The van der Waals surface area contributed by atoms with Crippen molar-refractivity contribution in [2.45, 2.75) is 45.4 Å². The second-order valence-electron chi connectivity index (χ2n) is 8.63. The summed E-state index contributed by atoms with van der Waals surface area (Å²) in [5.41, 5.74) is 3.14. The summed E-state index contributed by atoms with van der Waals surface area (Å²) in [6.07, 6.45) is 5.99. The summed E-state index contributed by atoms with van der Waals surface area (Å²) in [6.45, 7) is 4.68. The van der Waals surface area contributed by atoms with Crippen LogP contribution in [0.25, 0.3) is 17.5 Å². The van der Waals surface area contributed by atoms with Gasteiger partial charge in [-0.3, -0.25) is 9.59 Å². The molecule has 0 saturated heterocycles. The van der Waals surface area contributed by atoms with Gasteiger partial charge in [0.2, 0.25) is 0 Å². The highest BCUT2D eigenvalue weighted by atomic mass is 19.4. The number of aromatic amines is 1. The Kier molecular flexibility index (Phi) is 11.3. The number of nitrogens with zero attached hydrogens (tertiary/aromatic N) is 4. The molecule has 0 aliphatic rings. The molecule has 0 amide bonds. The molecule has 0 radical (unpaired) electrons. The summed E-state index contributed by atoms with van der Waals surface area (Å²) in [6, 6.07) is 2.78. The number of nitrogens with two attached hydrogens (primary N) is 1. The van der Waals surface area contributed by atoms with E-state index in [-0.39, 0.29) is 17.0 Å². The van der Waals surface area contributed by atoms with Crippen LogP contribution in [0.1, 0.15) is 66.3 Å². The predicted octanol–water partition coefficient (Wildman–Crippen LogP) is 4.61. The normalized spacial score (nSPS) is 12.1. The number of unbranched alkanes of at least 4 members (excludes halogenated alkanes) is 2. The third kappa shape index (κ3) is 8.99. The molecule has 0 aliphatic carbocycles. The second-order valence-corrected chi connectivity index (χ2v) is 8.63. The number of H-pyrrole nitrogens is 1. The summed E-state index contributed by atoms with van der Waals surface area (Å²) in [7, 11) is 1.97. The zero-order chi connectivity index (χ0) is 29.2. The lowest BCUT2D eigenvalue weighted by Crippen LogP contribution is -2.24. The number of nitrogens with one attached hydrogen (secondary N) is 1. The van der Waals surface area contributed by atoms with E-state index in [1.165, 1.54) is 18.5 Å². The molecule has 0 bridgehead atoms. The molecule has 1 unspecified atom stereocenters. The number of alkyl halides is 3. The van der Waals surface area contributed by atoms with Crippen LogP contribution in [0.3, 0.4) is 0 Å². The van der Waals surface area contributed by atoms with Gasteiger partial charge in [-0.05, 0) is 43.3 Å². The van der Waals surface area contributed by atoms with Crippen LogP contribution >= 0.6 is 0 Å². The Hall–Kier alpha value is -4.13. The highest BCUT2D eigenvalue weighted by molar-refractivity contribution is 5.84. The van der Waals surface area contributed by atoms with E-state index in [1.807, 2.05) is 18.1 Å². The van der Waals surface area contributed by atoms with Crippen LogP contribution in [0.4, 0.5) is 23.2 Å². The summed E-state index contributed by atoms with van der Waals surface area (Å²) in [5, 5.41) is 14.3. The van der Waals surface area contributed by atoms with Crippen molar-refractivity contribution >= 4 is 18.0 Å². The van der Waals surface area contributed by atoms with Crippen molar-refractivity contribution in [1.82, 2.24) is 25.1 Å². The van der Waals surface area contributed by atoms with Gasteiger partial charge in [0.05, 0.1) is 23.6 Å². The number of anilines is 1. The van der Waals surface area contributed by atoms with E-state index in [1.54, 1.807) is 24.2 Å². The molecule has 3 aromatic rings. The number of rotatable bonds is 9. The highest BCUT2D eigenvalue weighted by Gasteiger charge is 2.36. The van der Waals surface area contributed by atoms with Crippen LogP contribution in [0.2, 0.25) is 0 Å². The van der Waals surface area contributed by atoms with Gasteiger partial charge in [-0.2, -0.15) is 18.3 Å². The van der Waals surface area contributed by atoms with E-state index in [0.29, 0.717) is 17.4 Å². The number of hydrogen-bond donors (Lipinski definition) is 3. The minimum atomic E-state index is -4.74. The number of aldehydes is 1. The first-order chi connectivity index (χ1) is 18.4. The van der Waals surface area contributed by atoms with Gasteiger partial charge in [0.15, 0.2) is 12.1 Å². The van der Waals surface area contributed by atoms with Crippen molar-refractivity contribution < 1.29 is 27.5 Å². The first-order valence-corrected chi connectivity index (χ1v) is 12.0. The first-order valence-electron chi connectivity index (χ1n) is 12.0. The standard InChI is InChI=1S/C21H26FN3O2.C5H4F3N3O/c1-4-5-6-8-25(3)9-7-16-10-19(20(22)11-17(16)14-26)21-23-12-18(13-24-21)15(2)27;6-5(7,8)3-2(9)1-10-11-4(3)12/h7,9-15,27H,4-6,8H2,1-3H3;1H,(H3,9,11,12)/b9-7-;. The quantitative estimate of drug-likeness (QED) is 0.200. The Bertz CT molecular complexity index is 1320. The summed E-state index contributed by atoms with van der Waals surface area (Å²) in [5.74, 6) is -0.351. The molecule has 0 spiro atoms. The fourth-order valence-electron chi connectivity index (χ4n) is 3.31. The number of halogens is 4. The van der Waals surface area contributed by atoms with Gasteiger partial charge in [-0.25, -0.2) is 19.5 Å². The molecule has 39 heavy (non-hydrogen) atoms. The fraction of sp³-hybridized carbons (Fsp3) is 0.346. The molecule has 9 nitrogen and oxygen atoms in total. The Labute approximate surface area is 222 Å². The molecule has 0 saturated carbocycles. The first kappa shape index (κ1) is 31.1. The SMILES string of the molecule is CCCCCN(C)/C=C\c1cc(-c2ncc(C(C)O)cn2)c(F)cc1C=O.Nc1cn[nH]c(=O)c1C(F)(F)F. The molecule has 13 heteroatoms. The lowest BCUT2D eigenvalue weighted by Gasteiger charge is -2.14. The average molecular weight is 551 g/mol. The molecule has 1 aromatic carbocycles. The molecule has 2 aromatic heterocycles. The van der Waals surface area contributed by atoms with E-state index in [4.69, 9.17) is 5.73 Å². The number of aromatic nitrogens is 4. The molecule has 4 N–H and O–H groups in total. The largest absolute Gasteiger partial charge is 0.423 e. The summed E-state index contributed by atoms with van der Waals surface area (Å²) < 4.78 is 50.4. The minimum Gasteiger partial charge on any atom is -0.397 e. The van der Waals surface area contributed by atoms with Gasteiger partial charge in [0.1, 0.15) is 11.4 Å². The van der Waals surface area contributed by atoms with Gasteiger partial charge in [-0.15, -0.1) is 0 Å². The van der Waals surface area contributed by atoms with E-state index in [9.17, 15) is 32.3 Å². The molecule has 0 aliphatic heterocycles. The lowest BCUT2D eigenvalue weighted by molar-refractivity contribution is -0.138. The summed E-state index contributed by atoms with van der Waals surface area (Å²) in [4.78, 5) is 32.2. The fourth-order valence-corrected chi connectivity index (χ4v) is 3.31. The van der Waals surface area contributed by atoms with E-state index >= 15 is 0 Å². The third-order valence-electron chi connectivity index (χ3n) is 5.49. The maximum atomic E-state index is 14.4. The van der Waals surface area contributed by atoms with Crippen LogP contribution in [0, 0.1) is 5.82 Å². The molecule has 1 atom stereocenters. The van der Waals surface area contributed by atoms with E-state index in [2.05, 4.69) is 22.0 Å². The number of carbonyl (C=O) groups is 1. The zero-order valence-corrected chi connectivity index (χ0v) is 21.7. The van der Waals surface area contributed by atoms with Crippen LogP contribution in [-0.4, -0.2) is 50.1 Å². The lowest BCUT2D eigenvalue weighted by atomic mass is 10.0. The predicted molar refractivity (Wildman–Crippen MR) is 139 cm³/mol. The molecule has 0 fully saturated rings. The number of nitrogen functional groups attached to an aromatic ring is 1. The topological polar surface area (TPSA) is 138 Å². The Morgan fingerprint density at radius 2 is 1.82 bits per heavy atom. The van der Waals surface area contributed by atoms with Crippen molar-refractivity contribution in [2.24, 2.45) is 0 Å². The van der Waals surface area contributed by atoms with Crippen molar-refractivity contribution in [2.75, 3.05) is 19.3 Å². The number of aliphatic hydroxyl groups is 1. The van der Waals surface area contributed by atoms with Gasteiger partial charge in [0, 0.05) is 37.1 Å². The summed E-state index contributed by atoms with van der Waals surface area (Å²) >= 11 is 0. The minimum absolute atomic E-state index is 0.209. The van der Waals surface area contributed by atoms with Crippen LogP contribution in [-0.2, 0) is 6.18 Å². The average Bonchev–Trinajstić information content (AvgIpc) is 2.87. The monoisotopic (exact) mass is 550 g/mol. The third-order valence-corrected chi connectivity index (χ3v) is 5.49. The van der Waals surface area contributed by atoms with Gasteiger partial charge in [0.25, 0.3) is 5.56 Å². The van der Waals surface area contributed by atoms with Crippen molar-refractivity contribution in [3.8, 4) is 11.4 Å². The molecular weight excluding hydrogens is 520 g/mol. The van der Waals surface area contributed by atoms with Crippen molar-refractivity contribution in [3.05, 3.63) is 75.3 Å². The molecule has 210 valence electrons. The number of hydrogen-bond acceptors (Lipinski definition) is 8. The Morgan fingerprint density at radius 3 is 2.33 bits per heavy atom. The van der Waals surface area contributed by atoms with Crippen molar-refractivity contribution in [3.63, 3.8) is 0 Å². The Balaban J connectivity index is 0.000000370. The molecule has 3 rings (SSSR count). The zero-order valence-electron chi connectivity index (χ0n) is 21.7. The van der Waals surface area contributed by atoms with Gasteiger partial charge in [-0.1, -0.05) is 19.8 Å². The second kappa shape index (κ2) is 14.1. The van der Waals surface area contributed by atoms with Gasteiger partial charge >= 0.3 is 6.18 Å². The van der Waals surface area contributed by atoms with Crippen molar-refractivity contribution in [1.29, 1.82) is 0 Å². The Morgan fingerprint density at radius 1 is 1.15 bits per heavy atom. The number of benzene rings is 1. The molecule has 2 heterocycles. The smallest absolute Gasteiger partial charge is 0.397 e. The number of aliphatic hydroxyl groups excluding tert-OH is 1. The molecular formula is C26H30F4N6O3. The van der Waals surface area contributed by atoms with Gasteiger partial charge < -0.3 is 15.7 Å². The highest BCUT2D eigenvalue weighted by Crippen LogP contribution is 2.29. The van der Waals surface area contributed by atoms with Crippen LogP contribution in [0.15, 0.2) is 41.7 Å². The van der Waals surface area contributed by atoms with Crippen LogP contribution < -0.4 is 11.3 Å². The maximum Gasteiger partial charge on any atom is 0.423 e. The number of carbonyl (C=O) groups excluding carboxylic acids is 1. The van der Waals surface area contributed by atoms with E-state index in [0.717, 1.165) is 32.0 Å².